The van der Waals surface area contributed by atoms with Crippen molar-refractivity contribution < 1.29 is 4.42 Å². The molecule has 13 heavy (non-hydrogen) atoms. The van der Waals surface area contributed by atoms with Gasteiger partial charge >= 0.3 is 5.63 Å². The Kier molecular flexibility index (Phi) is 1.89. The van der Waals surface area contributed by atoms with Crippen molar-refractivity contribution in [2.45, 2.75) is 13.3 Å². The maximum Gasteiger partial charge on any atom is 0.336 e. The molecule has 2 rings (SSSR count). The first-order valence-electron chi connectivity index (χ1n) is 4.23. The summed E-state index contributed by atoms with van der Waals surface area (Å²) in [5.74, 6) is 0. The fourth-order valence-electron chi connectivity index (χ4n) is 1.30. The van der Waals surface area contributed by atoms with Crippen LogP contribution in [-0.2, 0) is 0 Å². The Morgan fingerprint density at radius 1 is 1.31 bits per heavy atom. The maximum atomic E-state index is 10.9. The molecule has 0 bridgehead atoms. The van der Waals surface area contributed by atoms with E-state index in [-0.39, 0.29) is 5.63 Å². The van der Waals surface area contributed by atoms with Gasteiger partial charge in [-0.25, -0.2) is 4.79 Å². The van der Waals surface area contributed by atoms with Gasteiger partial charge in [0.25, 0.3) is 0 Å². The third-order valence-corrected chi connectivity index (χ3v) is 2.06. The molecule has 1 heterocycles. The highest BCUT2D eigenvalue weighted by atomic mass is 16.4. The zero-order valence-corrected chi connectivity index (χ0v) is 7.41. The minimum Gasteiger partial charge on any atom is -0.423 e. The summed E-state index contributed by atoms with van der Waals surface area (Å²) in [5, 5.41) is 0.993. The number of allylic oxidation sites excluding steroid dienone is 2. The Balaban J connectivity index is 2.80. The van der Waals surface area contributed by atoms with Crippen LogP contribution in [0.15, 0.2) is 33.0 Å². The molecule has 1 aromatic rings. The molecule has 0 N–H and O–H groups in total. The molecule has 0 saturated heterocycles. The Hall–Kier alpha value is -1.57. The molecule has 2 heteroatoms. The van der Waals surface area contributed by atoms with Crippen molar-refractivity contribution in [1.29, 1.82) is 0 Å². The normalized spacial score (nSPS) is 14.7. The Morgan fingerprint density at radius 3 is 3.00 bits per heavy atom. The molecule has 0 aromatic carbocycles. The van der Waals surface area contributed by atoms with Gasteiger partial charge in [0.15, 0.2) is 0 Å². The molecule has 0 unspecified atom stereocenters. The van der Waals surface area contributed by atoms with E-state index in [4.69, 9.17) is 4.42 Å². The minimum absolute atomic E-state index is 0.295. The van der Waals surface area contributed by atoms with Crippen LogP contribution in [0.2, 0.25) is 0 Å². The van der Waals surface area contributed by atoms with Gasteiger partial charge in [0, 0.05) is 11.3 Å². The van der Waals surface area contributed by atoms with Crippen molar-refractivity contribution in [3.63, 3.8) is 0 Å². The summed E-state index contributed by atoms with van der Waals surface area (Å²) in [7, 11) is 0. The first-order chi connectivity index (χ1) is 6.25. The molecule has 0 amide bonds. The summed E-state index contributed by atoms with van der Waals surface area (Å²) in [6, 6.07) is 3.24. The lowest BCUT2D eigenvalue weighted by Crippen LogP contribution is -2.27. The average molecular weight is 174 g/mol. The smallest absolute Gasteiger partial charge is 0.336 e. The van der Waals surface area contributed by atoms with Gasteiger partial charge in [0.2, 0.25) is 0 Å². The van der Waals surface area contributed by atoms with E-state index in [9.17, 15) is 4.79 Å². The third kappa shape index (κ3) is 1.61. The van der Waals surface area contributed by atoms with Gasteiger partial charge in [-0.05, 0) is 25.5 Å². The second kappa shape index (κ2) is 3.05. The van der Waals surface area contributed by atoms with Gasteiger partial charge in [0.1, 0.15) is 5.42 Å². The fraction of sp³-hybridized carbons (Fsp3) is 0.182. The molecule has 0 fully saturated rings. The summed E-state index contributed by atoms with van der Waals surface area (Å²) in [5.41, 5.74) is 1.62. The van der Waals surface area contributed by atoms with Gasteiger partial charge in [-0.15, -0.1) is 0 Å². The SMILES string of the molecule is CC1=CC=c2oc(=O)ccc2=CC1. The maximum absolute atomic E-state index is 10.9. The number of fused-ring (bicyclic) bond motifs is 1. The Bertz CT molecular complexity index is 518. The second-order valence-corrected chi connectivity index (χ2v) is 3.16. The average Bonchev–Trinajstić information content (AvgIpc) is 2.29. The molecule has 0 aliphatic heterocycles. The summed E-state index contributed by atoms with van der Waals surface area (Å²) in [6.45, 7) is 2.05. The number of hydrogen-bond donors (Lipinski definition) is 0. The van der Waals surface area contributed by atoms with Gasteiger partial charge in [0.05, 0.1) is 0 Å². The van der Waals surface area contributed by atoms with E-state index in [0.717, 1.165) is 11.6 Å². The molecule has 0 spiro atoms. The van der Waals surface area contributed by atoms with Crippen LogP contribution < -0.4 is 16.3 Å². The van der Waals surface area contributed by atoms with Gasteiger partial charge in [-0.3, -0.25) is 0 Å². The molecule has 1 aliphatic rings. The monoisotopic (exact) mass is 174 g/mol. The molecule has 1 aliphatic carbocycles. The molecular formula is C11H10O2. The van der Waals surface area contributed by atoms with Crippen molar-refractivity contribution in [3.8, 4) is 0 Å². The van der Waals surface area contributed by atoms with Crippen LogP contribution in [-0.4, -0.2) is 0 Å². The highest BCUT2D eigenvalue weighted by Gasteiger charge is 1.94. The van der Waals surface area contributed by atoms with Crippen LogP contribution in [0.25, 0.3) is 12.2 Å². The minimum atomic E-state index is -0.295. The van der Waals surface area contributed by atoms with E-state index in [2.05, 4.69) is 13.0 Å². The van der Waals surface area contributed by atoms with Crippen molar-refractivity contribution in [2.24, 2.45) is 0 Å². The van der Waals surface area contributed by atoms with Crippen LogP contribution in [0.3, 0.4) is 0 Å². The second-order valence-electron chi connectivity index (χ2n) is 3.16. The molecule has 1 aromatic heterocycles. The third-order valence-electron chi connectivity index (χ3n) is 2.06. The quantitative estimate of drug-likeness (QED) is 0.575. The lowest BCUT2D eigenvalue weighted by molar-refractivity contribution is 0.474. The van der Waals surface area contributed by atoms with E-state index < -0.39 is 0 Å². The summed E-state index contributed by atoms with van der Waals surface area (Å²) in [6.07, 6.45) is 6.80. The summed E-state index contributed by atoms with van der Waals surface area (Å²) >= 11 is 0. The summed E-state index contributed by atoms with van der Waals surface area (Å²) in [4.78, 5) is 10.9. The van der Waals surface area contributed by atoms with Crippen LogP contribution in [0.5, 0.6) is 0 Å². The highest BCUT2D eigenvalue weighted by Crippen LogP contribution is 2.01. The van der Waals surface area contributed by atoms with E-state index >= 15 is 0 Å². The Labute approximate surface area is 75.5 Å². The van der Waals surface area contributed by atoms with E-state index in [1.165, 1.54) is 11.6 Å². The lowest BCUT2D eigenvalue weighted by Gasteiger charge is -1.88. The van der Waals surface area contributed by atoms with Crippen LogP contribution in [0.4, 0.5) is 0 Å². The van der Waals surface area contributed by atoms with E-state index in [1.54, 1.807) is 6.07 Å². The first-order valence-corrected chi connectivity index (χ1v) is 4.23. The molecular weight excluding hydrogens is 164 g/mol. The standard InChI is InChI=1S/C11H10O2/c1-8-2-4-9-5-7-11(12)13-10(9)6-3-8/h3-7H,2H2,1H3. The first kappa shape index (κ1) is 8.05. The zero-order valence-electron chi connectivity index (χ0n) is 7.41. The fourth-order valence-corrected chi connectivity index (χ4v) is 1.30. The number of hydrogen-bond acceptors (Lipinski definition) is 2. The van der Waals surface area contributed by atoms with Crippen LogP contribution in [0, 0.1) is 0 Å². The lowest BCUT2D eigenvalue weighted by atomic mass is 10.2. The predicted molar refractivity (Wildman–Crippen MR) is 51.5 cm³/mol. The highest BCUT2D eigenvalue weighted by molar-refractivity contribution is 5.44. The largest absolute Gasteiger partial charge is 0.423 e. The van der Waals surface area contributed by atoms with Crippen molar-refractivity contribution in [1.82, 2.24) is 0 Å². The number of rotatable bonds is 0. The van der Waals surface area contributed by atoms with Gasteiger partial charge in [-0.2, -0.15) is 0 Å². The van der Waals surface area contributed by atoms with Crippen molar-refractivity contribution in [3.05, 3.63) is 44.8 Å². The van der Waals surface area contributed by atoms with Crippen molar-refractivity contribution in [2.75, 3.05) is 0 Å². The van der Waals surface area contributed by atoms with Crippen LogP contribution >= 0.6 is 0 Å². The molecule has 2 nitrogen and oxygen atoms in total. The molecule has 0 radical (unpaired) electrons. The van der Waals surface area contributed by atoms with E-state index in [0.29, 0.717) is 5.42 Å². The topological polar surface area (TPSA) is 30.2 Å². The Morgan fingerprint density at radius 2 is 2.15 bits per heavy atom. The van der Waals surface area contributed by atoms with Crippen molar-refractivity contribution >= 4 is 12.2 Å². The summed E-state index contributed by atoms with van der Waals surface area (Å²) < 4.78 is 5.04. The van der Waals surface area contributed by atoms with E-state index in [1.807, 2.05) is 12.2 Å². The van der Waals surface area contributed by atoms with Crippen LogP contribution in [0.1, 0.15) is 13.3 Å². The molecule has 66 valence electrons. The molecule has 0 saturated carbocycles. The predicted octanol–water partition coefficient (Wildman–Crippen LogP) is 0.551. The van der Waals surface area contributed by atoms with Gasteiger partial charge < -0.3 is 4.42 Å². The molecule has 0 atom stereocenters. The van der Waals surface area contributed by atoms with Gasteiger partial charge in [-0.1, -0.05) is 17.7 Å². The zero-order chi connectivity index (χ0) is 9.26.